The van der Waals surface area contributed by atoms with Crippen molar-refractivity contribution in [2.24, 2.45) is 0 Å². The SMILES string of the molecule is COc1ccc(C2CCc3cc(OC)ccc3N2)cc1. The van der Waals surface area contributed by atoms with Gasteiger partial charge in [0.15, 0.2) is 0 Å². The van der Waals surface area contributed by atoms with Crippen molar-refractivity contribution in [3.63, 3.8) is 0 Å². The molecule has 0 saturated carbocycles. The van der Waals surface area contributed by atoms with Crippen molar-refractivity contribution in [2.45, 2.75) is 18.9 Å². The van der Waals surface area contributed by atoms with E-state index in [9.17, 15) is 0 Å². The summed E-state index contributed by atoms with van der Waals surface area (Å²) in [5, 5.41) is 3.61. The largest absolute Gasteiger partial charge is 0.497 e. The maximum atomic E-state index is 5.28. The van der Waals surface area contributed by atoms with Crippen LogP contribution in [0.3, 0.4) is 0 Å². The number of nitrogens with one attached hydrogen (secondary N) is 1. The monoisotopic (exact) mass is 269 g/mol. The van der Waals surface area contributed by atoms with Crippen molar-refractivity contribution >= 4 is 5.69 Å². The normalized spacial score (nSPS) is 17.0. The second kappa shape index (κ2) is 5.45. The number of fused-ring (bicyclic) bond motifs is 1. The minimum absolute atomic E-state index is 0.363. The summed E-state index contributed by atoms with van der Waals surface area (Å²) in [6.45, 7) is 0. The van der Waals surface area contributed by atoms with Gasteiger partial charge < -0.3 is 14.8 Å². The second-order valence-corrected chi connectivity index (χ2v) is 5.03. The highest BCUT2D eigenvalue weighted by molar-refractivity contribution is 5.57. The van der Waals surface area contributed by atoms with Crippen LogP contribution in [0.4, 0.5) is 5.69 Å². The minimum Gasteiger partial charge on any atom is -0.497 e. The van der Waals surface area contributed by atoms with E-state index in [1.165, 1.54) is 16.8 Å². The van der Waals surface area contributed by atoms with Crippen LogP contribution < -0.4 is 14.8 Å². The molecule has 1 aliphatic rings. The molecule has 3 nitrogen and oxygen atoms in total. The van der Waals surface area contributed by atoms with Gasteiger partial charge in [-0.2, -0.15) is 0 Å². The average Bonchev–Trinajstić information content (AvgIpc) is 2.54. The molecule has 1 heterocycles. The fourth-order valence-corrected chi connectivity index (χ4v) is 2.69. The number of aryl methyl sites for hydroxylation is 1. The first kappa shape index (κ1) is 12.9. The summed E-state index contributed by atoms with van der Waals surface area (Å²) in [6.07, 6.45) is 2.16. The van der Waals surface area contributed by atoms with Crippen LogP contribution in [0.2, 0.25) is 0 Å². The lowest BCUT2D eigenvalue weighted by Gasteiger charge is -2.27. The van der Waals surface area contributed by atoms with Crippen LogP contribution in [0.1, 0.15) is 23.6 Å². The Kier molecular flexibility index (Phi) is 3.50. The number of anilines is 1. The van der Waals surface area contributed by atoms with Gasteiger partial charge in [-0.1, -0.05) is 12.1 Å². The van der Waals surface area contributed by atoms with Gasteiger partial charge in [0.1, 0.15) is 11.5 Å². The third kappa shape index (κ3) is 2.44. The quantitative estimate of drug-likeness (QED) is 0.919. The van der Waals surface area contributed by atoms with E-state index >= 15 is 0 Å². The molecule has 1 atom stereocenters. The number of methoxy groups -OCH3 is 2. The smallest absolute Gasteiger partial charge is 0.119 e. The average molecular weight is 269 g/mol. The Balaban J connectivity index is 1.80. The number of ether oxygens (including phenoxy) is 2. The highest BCUT2D eigenvalue weighted by atomic mass is 16.5. The van der Waals surface area contributed by atoms with Crippen LogP contribution in [0.25, 0.3) is 0 Å². The summed E-state index contributed by atoms with van der Waals surface area (Å²) in [5.41, 5.74) is 3.83. The Morgan fingerprint density at radius 2 is 1.65 bits per heavy atom. The van der Waals surface area contributed by atoms with Gasteiger partial charge in [-0.15, -0.1) is 0 Å². The Morgan fingerprint density at radius 3 is 2.35 bits per heavy atom. The summed E-state index contributed by atoms with van der Waals surface area (Å²) in [5.74, 6) is 1.82. The first-order valence-electron chi connectivity index (χ1n) is 6.87. The van der Waals surface area contributed by atoms with E-state index in [1.54, 1.807) is 14.2 Å². The Labute approximate surface area is 119 Å². The van der Waals surface area contributed by atoms with Crippen molar-refractivity contribution in [3.05, 3.63) is 53.6 Å². The van der Waals surface area contributed by atoms with Crippen LogP contribution in [-0.2, 0) is 6.42 Å². The first-order valence-corrected chi connectivity index (χ1v) is 6.87. The molecule has 2 aromatic rings. The van der Waals surface area contributed by atoms with E-state index in [4.69, 9.17) is 9.47 Å². The molecule has 0 spiro atoms. The zero-order valence-electron chi connectivity index (χ0n) is 11.8. The Bertz CT molecular complexity index is 592. The van der Waals surface area contributed by atoms with E-state index in [1.807, 2.05) is 18.2 Å². The lowest BCUT2D eigenvalue weighted by molar-refractivity contribution is 0.413. The molecule has 1 N–H and O–H groups in total. The minimum atomic E-state index is 0.363. The molecule has 0 bridgehead atoms. The predicted molar refractivity (Wildman–Crippen MR) is 80.7 cm³/mol. The summed E-state index contributed by atoms with van der Waals surface area (Å²) in [6, 6.07) is 14.9. The molecule has 2 aromatic carbocycles. The van der Waals surface area contributed by atoms with E-state index in [0.29, 0.717) is 6.04 Å². The molecule has 104 valence electrons. The summed E-state index contributed by atoms with van der Waals surface area (Å²) in [7, 11) is 3.40. The third-order valence-electron chi connectivity index (χ3n) is 3.86. The van der Waals surface area contributed by atoms with Crippen LogP contribution in [0.5, 0.6) is 11.5 Å². The standard InChI is InChI=1S/C17H19NO2/c1-19-14-6-3-12(4-7-14)16-9-5-13-11-15(20-2)8-10-17(13)18-16/h3-4,6-8,10-11,16,18H,5,9H2,1-2H3. The zero-order valence-corrected chi connectivity index (χ0v) is 11.8. The molecule has 0 aromatic heterocycles. The van der Waals surface area contributed by atoms with Gasteiger partial charge in [-0.3, -0.25) is 0 Å². The van der Waals surface area contributed by atoms with Gasteiger partial charge in [0.05, 0.1) is 20.3 Å². The van der Waals surface area contributed by atoms with Crippen molar-refractivity contribution < 1.29 is 9.47 Å². The summed E-state index contributed by atoms with van der Waals surface area (Å²) >= 11 is 0. The number of hydrogen-bond donors (Lipinski definition) is 1. The van der Waals surface area contributed by atoms with Crippen LogP contribution >= 0.6 is 0 Å². The molecule has 1 aliphatic heterocycles. The number of benzene rings is 2. The van der Waals surface area contributed by atoms with Gasteiger partial charge >= 0.3 is 0 Å². The van der Waals surface area contributed by atoms with Crippen molar-refractivity contribution in [2.75, 3.05) is 19.5 Å². The molecule has 0 aliphatic carbocycles. The van der Waals surface area contributed by atoms with E-state index in [0.717, 1.165) is 24.3 Å². The topological polar surface area (TPSA) is 30.5 Å². The van der Waals surface area contributed by atoms with Crippen molar-refractivity contribution in [3.8, 4) is 11.5 Å². The molecule has 0 fully saturated rings. The van der Waals surface area contributed by atoms with E-state index < -0.39 is 0 Å². The van der Waals surface area contributed by atoms with Gasteiger partial charge in [0.2, 0.25) is 0 Å². The molecule has 3 rings (SSSR count). The zero-order chi connectivity index (χ0) is 13.9. The summed E-state index contributed by atoms with van der Waals surface area (Å²) in [4.78, 5) is 0. The van der Waals surface area contributed by atoms with Crippen LogP contribution in [-0.4, -0.2) is 14.2 Å². The van der Waals surface area contributed by atoms with E-state index in [-0.39, 0.29) is 0 Å². The van der Waals surface area contributed by atoms with E-state index in [2.05, 4.69) is 29.6 Å². The molecule has 3 heteroatoms. The van der Waals surface area contributed by atoms with Gasteiger partial charge in [0.25, 0.3) is 0 Å². The maximum Gasteiger partial charge on any atom is 0.119 e. The molecule has 0 amide bonds. The predicted octanol–water partition coefficient (Wildman–Crippen LogP) is 3.80. The third-order valence-corrected chi connectivity index (χ3v) is 3.86. The van der Waals surface area contributed by atoms with Gasteiger partial charge in [-0.25, -0.2) is 0 Å². The molecular weight excluding hydrogens is 250 g/mol. The lowest BCUT2D eigenvalue weighted by Crippen LogP contribution is -2.17. The first-order chi connectivity index (χ1) is 9.80. The lowest BCUT2D eigenvalue weighted by atomic mass is 9.93. The number of hydrogen-bond acceptors (Lipinski definition) is 3. The Hall–Kier alpha value is -2.16. The number of rotatable bonds is 3. The van der Waals surface area contributed by atoms with Crippen molar-refractivity contribution in [1.29, 1.82) is 0 Å². The highest BCUT2D eigenvalue weighted by Crippen LogP contribution is 2.34. The molecule has 0 saturated heterocycles. The van der Waals surface area contributed by atoms with Crippen LogP contribution in [0, 0.1) is 0 Å². The van der Waals surface area contributed by atoms with Crippen LogP contribution in [0.15, 0.2) is 42.5 Å². The maximum absolute atomic E-state index is 5.28. The summed E-state index contributed by atoms with van der Waals surface area (Å²) < 4.78 is 10.5. The van der Waals surface area contributed by atoms with Gasteiger partial charge in [0, 0.05) is 5.69 Å². The highest BCUT2D eigenvalue weighted by Gasteiger charge is 2.19. The fraction of sp³-hybridized carbons (Fsp3) is 0.294. The Morgan fingerprint density at radius 1 is 0.950 bits per heavy atom. The van der Waals surface area contributed by atoms with Crippen molar-refractivity contribution in [1.82, 2.24) is 0 Å². The molecule has 20 heavy (non-hydrogen) atoms. The molecular formula is C17H19NO2. The fourth-order valence-electron chi connectivity index (χ4n) is 2.69. The second-order valence-electron chi connectivity index (χ2n) is 5.03. The molecule has 1 unspecified atom stereocenters. The van der Waals surface area contributed by atoms with Gasteiger partial charge in [-0.05, 0) is 54.3 Å². The molecule has 0 radical (unpaired) electrons.